The van der Waals surface area contributed by atoms with E-state index in [9.17, 15) is 24.3 Å². The second-order valence-corrected chi connectivity index (χ2v) is 8.89. The van der Waals surface area contributed by atoms with E-state index in [0.29, 0.717) is 61.4 Å². The summed E-state index contributed by atoms with van der Waals surface area (Å²) in [5.74, 6) is 0.0439. The second-order valence-electron chi connectivity index (χ2n) is 8.89. The van der Waals surface area contributed by atoms with Gasteiger partial charge in [0.1, 0.15) is 11.5 Å². The molecule has 6 heteroatoms. The molecule has 4 aromatic carbocycles. The number of hydrogen-bond acceptors (Lipinski definition) is 6. The normalized spacial score (nSPS) is 13.1. The van der Waals surface area contributed by atoms with Crippen molar-refractivity contribution in [2.45, 2.75) is 13.8 Å². The summed E-state index contributed by atoms with van der Waals surface area (Å²) in [5, 5.41) is 9.84. The Bertz CT molecular complexity index is 1660. The van der Waals surface area contributed by atoms with Crippen LogP contribution in [0.4, 0.5) is 0 Å². The standard InChI is InChI=1S/C16H12O3.C15H10O3/c1-8-9(2)14-12(7-13(8)17)15(18)10-5-3-4-6-11(10)16(14)19;1-18-9-6-7-12-13(8-9)15(17)11-5-3-2-4-10(11)14(12)16/h3-7,17H,1-2H3;2-8H,1H3. The van der Waals surface area contributed by atoms with Gasteiger partial charge in [-0.05, 0) is 49.2 Å². The molecule has 0 fully saturated rings. The smallest absolute Gasteiger partial charge is 0.194 e. The molecule has 0 aliphatic heterocycles. The Balaban J connectivity index is 0.000000152. The Morgan fingerprint density at radius 2 is 1.00 bits per heavy atom. The highest BCUT2D eigenvalue weighted by Crippen LogP contribution is 2.34. The SMILES string of the molecule is COc1ccc2c(c1)C(=O)c1ccccc1C2=O.Cc1c(O)cc2c(c1C)C(=O)c1ccccc1C2=O. The summed E-state index contributed by atoms with van der Waals surface area (Å²) in [4.78, 5) is 49.5. The van der Waals surface area contributed by atoms with E-state index in [-0.39, 0.29) is 28.9 Å². The molecular formula is C31H22O6. The van der Waals surface area contributed by atoms with Crippen LogP contribution in [-0.2, 0) is 0 Å². The first-order valence-electron chi connectivity index (χ1n) is 11.6. The van der Waals surface area contributed by atoms with Crippen molar-refractivity contribution >= 4 is 23.1 Å². The van der Waals surface area contributed by atoms with E-state index in [0.717, 1.165) is 0 Å². The number of hydrogen-bond donors (Lipinski definition) is 1. The van der Waals surface area contributed by atoms with E-state index in [1.807, 2.05) is 0 Å². The molecule has 2 aliphatic rings. The van der Waals surface area contributed by atoms with Crippen LogP contribution >= 0.6 is 0 Å². The fraction of sp³-hybridized carbons (Fsp3) is 0.0968. The summed E-state index contributed by atoms with van der Waals surface area (Å²) in [6.45, 7) is 3.50. The minimum absolute atomic E-state index is 0.0526. The van der Waals surface area contributed by atoms with Gasteiger partial charge in [0.2, 0.25) is 0 Å². The summed E-state index contributed by atoms with van der Waals surface area (Å²) >= 11 is 0. The molecule has 1 N–H and O–H groups in total. The molecule has 6 rings (SSSR count). The molecule has 0 amide bonds. The lowest BCUT2D eigenvalue weighted by molar-refractivity contribution is 0.0978. The number of carbonyl (C=O) groups is 4. The first-order valence-corrected chi connectivity index (χ1v) is 11.6. The minimum Gasteiger partial charge on any atom is -0.508 e. The van der Waals surface area contributed by atoms with Gasteiger partial charge in [0.05, 0.1) is 7.11 Å². The zero-order chi connectivity index (χ0) is 26.4. The maximum Gasteiger partial charge on any atom is 0.194 e. The molecule has 0 saturated heterocycles. The van der Waals surface area contributed by atoms with Gasteiger partial charge in [-0.15, -0.1) is 0 Å². The quantitative estimate of drug-likeness (QED) is 0.338. The number of fused-ring (bicyclic) bond motifs is 4. The molecular weight excluding hydrogens is 468 g/mol. The van der Waals surface area contributed by atoms with Crippen molar-refractivity contribution in [3.63, 3.8) is 0 Å². The summed E-state index contributed by atoms with van der Waals surface area (Å²) in [6, 6.07) is 20.0. The van der Waals surface area contributed by atoms with Gasteiger partial charge in [0.15, 0.2) is 23.1 Å². The van der Waals surface area contributed by atoms with Gasteiger partial charge < -0.3 is 9.84 Å². The van der Waals surface area contributed by atoms with Crippen LogP contribution < -0.4 is 4.74 Å². The van der Waals surface area contributed by atoms with E-state index in [2.05, 4.69) is 0 Å². The Hall–Kier alpha value is -4.84. The van der Waals surface area contributed by atoms with Crippen molar-refractivity contribution in [3.05, 3.63) is 128 Å². The Morgan fingerprint density at radius 1 is 0.541 bits per heavy atom. The number of carbonyl (C=O) groups excluding carboxylic acids is 4. The van der Waals surface area contributed by atoms with Crippen LogP contribution in [0.3, 0.4) is 0 Å². The monoisotopic (exact) mass is 490 g/mol. The number of benzene rings is 4. The van der Waals surface area contributed by atoms with E-state index in [4.69, 9.17) is 4.74 Å². The molecule has 0 aromatic heterocycles. The number of rotatable bonds is 1. The second kappa shape index (κ2) is 8.99. The van der Waals surface area contributed by atoms with Crippen LogP contribution in [0.2, 0.25) is 0 Å². The maximum absolute atomic E-state index is 12.5. The van der Waals surface area contributed by atoms with Gasteiger partial charge in [0, 0.05) is 44.5 Å². The van der Waals surface area contributed by atoms with Crippen molar-refractivity contribution in [2.24, 2.45) is 0 Å². The summed E-state index contributed by atoms with van der Waals surface area (Å²) in [6.07, 6.45) is 0. The zero-order valence-corrected chi connectivity index (χ0v) is 20.4. The van der Waals surface area contributed by atoms with Crippen molar-refractivity contribution in [1.82, 2.24) is 0 Å². The molecule has 2 aliphatic carbocycles. The third-order valence-corrected chi connectivity index (χ3v) is 6.89. The number of ether oxygens (including phenoxy) is 1. The lowest BCUT2D eigenvalue weighted by Gasteiger charge is -2.20. The van der Waals surface area contributed by atoms with Crippen LogP contribution in [0.5, 0.6) is 11.5 Å². The fourth-order valence-corrected chi connectivity index (χ4v) is 4.73. The summed E-state index contributed by atoms with van der Waals surface area (Å²) in [7, 11) is 1.53. The van der Waals surface area contributed by atoms with Crippen molar-refractivity contribution in [1.29, 1.82) is 0 Å². The molecule has 0 atom stereocenters. The lowest BCUT2D eigenvalue weighted by Crippen LogP contribution is -2.22. The van der Waals surface area contributed by atoms with Crippen LogP contribution in [-0.4, -0.2) is 35.3 Å². The first-order chi connectivity index (χ1) is 17.7. The lowest BCUT2D eigenvalue weighted by atomic mass is 9.81. The van der Waals surface area contributed by atoms with E-state index in [1.165, 1.54) is 13.2 Å². The highest BCUT2D eigenvalue weighted by Gasteiger charge is 2.32. The van der Waals surface area contributed by atoms with E-state index < -0.39 is 0 Å². The average molecular weight is 491 g/mol. The fourth-order valence-electron chi connectivity index (χ4n) is 4.73. The number of phenolic OH excluding ortho intramolecular Hbond substituents is 1. The third-order valence-electron chi connectivity index (χ3n) is 6.89. The van der Waals surface area contributed by atoms with Gasteiger partial charge in [-0.1, -0.05) is 48.5 Å². The maximum atomic E-state index is 12.5. The van der Waals surface area contributed by atoms with E-state index in [1.54, 1.807) is 80.6 Å². The predicted octanol–water partition coefficient (Wildman–Crippen LogP) is 5.26. The molecule has 37 heavy (non-hydrogen) atoms. The van der Waals surface area contributed by atoms with Gasteiger partial charge >= 0.3 is 0 Å². The molecule has 4 aromatic rings. The van der Waals surface area contributed by atoms with Crippen molar-refractivity contribution < 1.29 is 29.0 Å². The van der Waals surface area contributed by atoms with E-state index >= 15 is 0 Å². The Morgan fingerprint density at radius 3 is 1.54 bits per heavy atom. The number of ketones is 4. The third kappa shape index (κ3) is 3.74. The molecule has 0 saturated carbocycles. The predicted molar refractivity (Wildman–Crippen MR) is 137 cm³/mol. The number of aromatic hydroxyl groups is 1. The van der Waals surface area contributed by atoms with Gasteiger partial charge in [-0.25, -0.2) is 0 Å². The van der Waals surface area contributed by atoms with Crippen molar-refractivity contribution in [2.75, 3.05) is 7.11 Å². The Kier molecular flexibility index (Phi) is 5.80. The minimum atomic E-state index is -0.205. The topological polar surface area (TPSA) is 97.7 Å². The zero-order valence-electron chi connectivity index (χ0n) is 20.4. The van der Waals surface area contributed by atoms with Gasteiger partial charge in [-0.2, -0.15) is 0 Å². The molecule has 0 unspecified atom stereocenters. The molecule has 6 nitrogen and oxygen atoms in total. The highest BCUT2D eigenvalue weighted by molar-refractivity contribution is 6.29. The molecule has 0 spiro atoms. The number of phenols is 1. The first kappa shape index (κ1) is 23.9. The highest BCUT2D eigenvalue weighted by atomic mass is 16.5. The van der Waals surface area contributed by atoms with Gasteiger partial charge in [0.25, 0.3) is 0 Å². The Labute approximate surface area is 213 Å². The molecule has 182 valence electrons. The summed E-state index contributed by atoms with van der Waals surface area (Å²) < 4.78 is 5.09. The number of methoxy groups -OCH3 is 1. The average Bonchev–Trinajstić information content (AvgIpc) is 2.93. The molecule has 0 radical (unpaired) electrons. The summed E-state index contributed by atoms with van der Waals surface area (Å²) in [5.41, 5.74) is 4.65. The van der Waals surface area contributed by atoms with Crippen LogP contribution in [0.1, 0.15) is 74.8 Å². The largest absolute Gasteiger partial charge is 0.508 e. The van der Waals surface area contributed by atoms with Crippen LogP contribution in [0.15, 0.2) is 72.8 Å². The molecule has 0 bridgehead atoms. The van der Waals surface area contributed by atoms with Crippen LogP contribution in [0, 0.1) is 13.8 Å². The van der Waals surface area contributed by atoms with Crippen LogP contribution in [0.25, 0.3) is 0 Å². The van der Waals surface area contributed by atoms with Crippen molar-refractivity contribution in [3.8, 4) is 11.5 Å². The molecule has 0 heterocycles. The van der Waals surface area contributed by atoms with Gasteiger partial charge in [-0.3, -0.25) is 19.2 Å².